The predicted octanol–water partition coefficient (Wildman–Crippen LogP) is 5.74. The molecule has 1 atom stereocenters. The van der Waals surface area contributed by atoms with E-state index in [-0.39, 0.29) is 32.3 Å². The van der Waals surface area contributed by atoms with E-state index in [1.165, 1.54) is 0 Å². The molecule has 10 nitrogen and oxygen atoms in total. The fraction of sp³-hybridized carbons (Fsp3) is 0.214. The van der Waals surface area contributed by atoms with E-state index < -0.39 is 0 Å². The summed E-state index contributed by atoms with van der Waals surface area (Å²) in [5, 5.41) is 35.9. The van der Waals surface area contributed by atoms with Crippen LogP contribution in [0.2, 0.25) is 15.1 Å². The van der Waals surface area contributed by atoms with Crippen molar-refractivity contribution in [3.05, 3.63) is 92.9 Å². The number of rotatable bonds is 11. The number of aliphatic hydroxyl groups is 2. The van der Waals surface area contributed by atoms with Crippen molar-refractivity contribution in [1.82, 2.24) is 15.0 Å². The van der Waals surface area contributed by atoms with Gasteiger partial charge in [0.05, 0.1) is 30.7 Å². The minimum atomic E-state index is -0.0745. The quantitative estimate of drug-likeness (QED) is 0.144. The number of halogens is 3. The Kier molecular flexibility index (Phi) is 9.38. The zero-order chi connectivity index (χ0) is 28.8. The molecule has 0 bridgehead atoms. The normalized spacial score (nSPS) is 14.6. The third-order valence-corrected chi connectivity index (χ3v) is 6.86. The number of anilines is 5. The van der Waals surface area contributed by atoms with Gasteiger partial charge in [0, 0.05) is 40.3 Å². The Labute approximate surface area is 252 Å². The minimum Gasteiger partial charge on any atom is -0.395 e. The third kappa shape index (κ3) is 7.35. The van der Waals surface area contributed by atoms with Crippen LogP contribution in [-0.2, 0) is 0 Å². The average molecular weight is 614 g/mol. The van der Waals surface area contributed by atoms with Crippen LogP contribution in [0.15, 0.2) is 71.8 Å². The highest BCUT2D eigenvalue weighted by Crippen LogP contribution is 2.39. The van der Waals surface area contributed by atoms with Gasteiger partial charge in [0.15, 0.2) is 0 Å². The van der Waals surface area contributed by atoms with Crippen molar-refractivity contribution in [2.45, 2.75) is 12.5 Å². The van der Waals surface area contributed by atoms with Crippen molar-refractivity contribution >= 4 is 69.7 Å². The smallest absolute Gasteiger partial charge is 0.233 e. The van der Waals surface area contributed by atoms with Crippen LogP contribution in [0.25, 0.3) is 0 Å². The molecule has 0 saturated carbocycles. The van der Waals surface area contributed by atoms with Gasteiger partial charge >= 0.3 is 0 Å². The highest BCUT2D eigenvalue weighted by Gasteiger charge is 2.30. The van der Waals surface area contributed by atoms with E-state index in [0.29, 0.717) is 39.3 Å². The van der Waals surface area contributed by atoms with E-state index in [2.05, 4.69) is 30.9 Å². The van der Waals surface area contributed by atoms with Gasteiger partial charge in [0.2, 0.25) is 17.8 Å². The lowest BCUT2D eigenvalue weighted by atomic mass is 9.98. The second kappa shape index (κ2) is 13.3. The number of nitrogens with zero attached hydrogens (tertiary/aromatic N) is 5. The largest absolute Gasteiger partial charge is 0.395 e. The van der Waals surface area contributed by atoms with Gasteiger partial charge in [0.25, 0.3) is 0 Å². The first-order chi connectivity index (χ1) is 19.9. The predicted molar refractivity (Wildman–Crippen MR) is 165 cm³/mol. The summed E-state index contributed by atoms with van der Waals surface area (Å²) in [6, 6.07) is 20.8. The van der Waals surface area contributed by atoms with Crippen molar-refractivity contribution in [2.75, 3.05) is 47.3 Å². The Balaban J connectivity index is 1.39. The molecule has 4 aromatic rings. The molecule has 5 rings (SSSR count). The zero-order valence-corrected chi connectivity index (χ0v) is 24.0. The summed E-state index contributed by atoms with van der Waals surface area (Å²) in [6.45, 7) is 0.434. The summed E-state index contributed by atoms with van der Waals surface area (Å²) in [5.74, 6) is 0.894. The lowest BCUT2D eigenvalue weighted by Crippen LogP contribution is -2.18. The van der Waals surface area contributed by atoms with E-state index in [1.54, 1.807) is 6.07 Å². The Hall–Kier alpha value is -3.67. The van der Waals surface area contributed by atoms with Gasteiger partial charge in [0.1, 0.15) is 0 Å². The molecule has 0 spiro atoms. The molecule has 0 saturated heterocycles. The average Bonchev–Trinajstić information content (AvgIpc) is 3.41. The molecule has 1 aliphatic heterocycles. The maximum Gasteiger partial charge on any atom is 0.233 e. The molecule has 3 aromatic carbocycles. The molecule has 13 heteroatoms. The SMILES string of the molecule is OCCNc1nc(NCCO)nc(Nc2ccc(C3=NN(c4cc(Cl)cc(Cl)c4)C(c4ccc(Cl)cc4)C3)cc2)n1. The van der Waals surface area contributed by atoms with Crippen LogP contribution < -0.4 is 21.0 Å². The Bertz CT molecular complexity index is 1470. The first-order valence-corrected chi connectivity index (χ1v) is 14.0. The van der Waals surface area contributed by atoms with Gasteiger partial charge in [-0.1, -0.05) is 59.1 Å². The molecule has 0 amide bonds. The van der Waals surface area contributed by atoms with Crippen LogP contribution in [0.3, 0.4) is 0 Å². The second-order valence-corrected chi connectivity index (χ2v) is 10.4. The fourth-order valence-corrected chi connectivity index (χ4v) is 4.98. The maximum atomic E-state index is 9.13. The number of aliphatic hydroxyl groups excluding tert-OH is 2. The topological polar surface area (TPSA) is 131 Å². The number of nitrogens with one attached hydrogen (secondary N) is 3. The molecule has 0 aliphatic carbocycles. The minimum absolute atomic E-state index is 0.0696. The third-order valence-electron chi connectivity index (χ3n) is 6.18. The molecule has 1 aliphatic rings. The number of hydrogen-bond acceptors (Lipinski definition) is 10. The number of aromatic nitrogens is 3. The molecule has 5 N–H and O–H groups in total. The molecule has 1 unspecified atom stereocenters. The van der Waals surface area contributed by atoms with Gasteiger partial charge in [-0.2, -0.15) is 20.1 Å². The van der Waals surface area contributed by atoms with Crippen LogP contribution in [0, 0.1) is 0 Å². The van der Waals surface area contributed by atoms with Gasteiger partial charge in [-0.25, -0.2) is 0 Å². The molecule has 0 fully saturated rings. The van der Waals surface area contributed by atoms with Crippen LogP contribution >= 0.6 is 34.8 Å². The Morgan fingerprint density at radius 3 is 1.90 bits per heavy atom. The van der Waals surface area contributed by atoms with Crippen molar-refractivity contribution in [1.29, 1.82) is 0 Å². The maximum absolute atomic E-state index is 9.13. The van der Waals surface area contributed by atoms with Crippen LogP contribution in [0.4, 0.5) is 29.2 Å². The highest BCUT2D eigenvalue weighted by atomic mass is 35.5. The van der Waals surface area contributed by atoms with E-state index in [1.807, 2.05) is 65.7 Å². The van der Waals surface area contributed by atoms with Crippen LogP contribution in [0.1, 0.15) is 23.6 Å². The van der Waals surface area contributed by atoms with Crippen LogP contribution in [-0.4, -0.2) is 57.2 Å². The zero-order valence-electron chi connectivity index (χ0n) is 21.7. The first kappa shape index (κ1) is 28.8. The van der Waals surface area contributed by atoms with Crippen LogP contribution in [0.5, 0.6) is 0 Å². The first-order valence-electron chi connectivity index (χ1n) is 12.8. The van der Waals surface area contributed by atoms with Crippen molar-refractivity contribution < 1.29 is 10.2 Å². The van der Waals surface area contributed by atoms with E-state index in [9.17, 15) is 0 Å². The van der Waals surface area contributed by atoms with Gasteiger partial charge < -0.3 is 26.2 Å². The summed E-state index contributed by atoms with van der Waals surface area (Å²) in [5.41, 5.74) is 4.47. The number of benzene rings is 3. The molecule has 1 aromatic heterocycles. The van der Waals surface area contributed by atoms with E-state index in [4.69, 9.17) is 50.1 Å². The number of hydrazone groups is 1. The lowest BCUT2D eigenvalue weighted by Gasteiger charge is -2.24. The molecule has 212 valence electrons. The lowest BCUT2D eigenvalue weighted by molar-refractivity contribution is 0.310. The monoisotopic (exact) mass is 612 g/mol. The van der Waals surface area contributed by atoms with Crippen molar-refractivity contribution in [3.63, 3.8) is 0 Å². The Morgan fingerprint density at radius 2 is 1.32 bits per heavy atom. The Morgan fingerprint density at radius 1 is 0.732 bits per heavy atom. The summed E-state index contributed by atoms with van der Waals surface area (Å²) in [6.07, 6.45) is 0.659. The standard InChI is InChI=1S/C28H27Cl3N8O2/c29-19-5-1-18(2-6-19)25-16-24(38-39(25)23-14-20(30)13-21(31)15-23)17-3-7-22(8-4-17)34-28-36-26(32-9-11-40)35-27(37-28)33-10-12-41/h1-8,13-15,25,40-41H,9-12,16H2,(H3,32,33,34,35,36,37). The van der Waals surface area contributed by atoms with Gasteiger partial charge in [-0.15, -0.1) is 0 Å². The van der Waals surface area contributed by atoms with E-state index >= 15 is 0 Å². The molecular weight excluding hydrogens is 587 g/mol. The van der Waals surface area contributed by atoms with Crippen molar-refractivity contribution in [3.8, 4) is 0 Å². The van der Waals surface area contributed by atoms with Gasteiger partial charge in [-0.3, -0.25) is 5.01 Å². The summed E-state index contributed by atoms with van der Waals surface area (Å²) in [4.78, 5) is 13.0. The van der Waals surface area contributed by atoms with E-state index in [0.717, 1.165) is 28.2 Å². The highest BCUT2D eigenvalue weighted by molar-refractivity contribution is 6.35. The molecule has 2 heterocycles. The fourth-order valence-electron chi connectivity index (χ4n) is 4.34. The summed E-state index contributed by atoms with van der Waals surface area (Å²) >= 11 is 18.8. The van der Waals surface area contributed by atoms with Crippen molar-refractivity contribution in [2.24, 2.45) is 5.10 Å². The summed E-state index contributed by atoms with van der Waals surface area (Å²) < 4.78 is 0. The van der Waals surface area contributed by atoms with Gasteiger partial charge in [-0.05, 0) is 53.6 Å². The number of hydrogen-bond donors (Lipinski definition) is 5. The molecule has 0 radical (unpaired) electrons. The molecular formula is C28H27Cl3N8O2. The second-order valence-electron chi connectivity index (χ2n) is 9.10. The summed E-state index contributed by atoms with van der Waals surface area (Å²) in [7, 11) is 0. The molecule has 41 heavy (non-hydrogen) atoms.